The Morgan fingerprint density at radius 3 is 2.81 bits per heavy atom. The van der Waals surface area contributed by atoms with E-state index in [1.165, 1.54) is 25.6 Å². The van der Waals surface area contributed by atoms with Crippen LogP contribution < -0.4 is 5.32 Å². The van der Waals surface area contributed by atoms with E-state index in [1.807, 2.05) is 0 Å². The van der Waals surface area contributed by atoms with Gasteiger partial charge in [0.05, 0.1) is 13.2 Å². The zero-order valence-electron chi connectivity index (χ0n) is 15.5. The van der Waals surface area contributed by atoms with Gasteiger partial charge in [-0.25, -0.2) is 4.98 Å². The minimum Gasteiger partial charge on any atom is -0.365 e. The summed E-state index contributed by atoms with van der Waals surface area (Å²) in [4.78, 5) is 32.7. The molecule has 1 aromatic rings. The number of carbonyl (C=O) groups is 2. The molecule has 2 amide bonds. The van der Waals surface area contributed by atoms with Crippen molar-refractivity contribution in [3.05, 3.63) is 12.2 Å². The number of hydrogen-bond acceptors (Lipinski definition) is 6. The molecular weight excluding hydrogens is 336 g/mol. The molecule has 2 fully saturated rings. The Kier molecular flexibility index (Phi) is 5.87. The van der Waals surface area contributed by atoms with Crippen LogP contribution in [0, 0.1) is 0 Å². The lowest BCUT2D eigenvalue weighted by molar-refractivity contribution is -0.137. The Morgan fingerprint density at radius 1 is 1.38 bits per heavy atom. The molecule has 9 heteroatoms. The molecular formula is C17H28N6O3. The van der Waals surface area contributed by atoms with E-state index in [2.05, 4.69) is 39.5 Å². The minimum atomic E-state index is -0.654. The van der Waals surface area contributed by atoms with Crippen molar-refractivity contribution in [3.8, 4) is 0 Å². The standard InChI is InChI=1S/C17H28N6O3/c1-22(2)17(6-4-3-5-7-17)11-18-15(24)13-10-23(8-9-26-13)16(25)14-19-12-20-21-14/h12-13H,3-11H2,1-2H3,(H,18,24)(H,19,20,21). The third-order valence-corrected chi connectivity index (χ3v) is 5.59. The van der Waals surface area contributed by atoms with Gasteiger partial charge in [-0.1, -0.05) is 19.3 Å². The van der Waals surface area contributed by atoms with E-state index in [9.17, 15) is 9.59 Å². The molecule has 1 aromatic heterocycles. The van der Waals surface area contributed by atoms with Crippen LogP contribution in [0.5, 0.6) is 0 Å². The fraction of sp³-hybridized carbons (Fsp3) is 0.765. The highest BCUT2D eigenvalue weighted by Gasteiger charge is 2.36. The fourth-order valence-corrected chi connectivity index (χ4v) is 3.81. The van der Waals surface area contributed by atoms with E-state index < -0.39 is 6.10 Å². The number of H-pyrrole nitrogens is 1. The molecule has 1 unspecified atom stereocenters. The van der Waals surface area contributed by atoms with Crippen LogP contribution in [0.2, 0.25) is 0 Å². The van der Waals surface area contributed by atoms with Gasteiger partial charge in [0.15, 0.2) is 6.10 Å². The van der Waals surface area contributed by atoms with Crippen LogP contribution in [0.3, 0.4) is 0 Å². The number of hydrogen-bond donors (Lipinski definition) is 2. The highest BCUT2D eigenvalue weighted by Crippen LogP contribution is 2.31. The van der Waals surface area contributed by atoms with Gasteiger partial charge in [0.1, 0.15) is 6.33 Å². The SMILES string of the molecule is CN(C)C1(CNC(=O)C2CN(C(=O)c3ncn[nH]3)CCO2)CCCCC1. The van der Waals surface area contributed by atoms with Crippen molar-refractivity contribution in [3.63, 3.8) is 0 Å². The molecule has 1 aliphatic heterocycles. The molecule has 3 rings (SSSR count). The zero-order valence-corrected chi connectivity index (χ0v) is 15.5. The van der Waals surface area contributed by atoms with E-state index in [4.69, 9.17) is 4.74 Å². The van der Waals surface area contributed by atoms with Gasteiger partial charge in [0.2, 0.25) is 5.82 Å². The fourth-order valence-electron chi connectivity index (χ4n) is 3.81. The molecule has 9 nitrogen and oxygen atoms in total. The van der Waals surface area contributed by atoms with Crippen molar-refractivity contribution >= 4 is 11.8 Å². The largest absolute Gasteiger partial charge is 0.365 e. The van der Waals surface area contributed by atoms with Gasteiger partial charge < -0.3 is 19.9 Å². The number of amides is 2. The molecule has 144 valence electrons. The highest BCUT2D eigenvalue weighted by atomic mass is 16.5. The average molecular weight is 364 g/mol. The van der Waals surface area contributed by atoms with Crippen molar-refractivity contribution in [2.75, 3.05) is 40.3 Å². The van der Waals surface area contributed by atoms with Crippen LogP contribution in [0.15, 0.2) is 6.33 Å². The molecule has 2 heterocycles. The Hall–Kier alpha value is -2.00. The number of aromatic nitrogens is 3. The summed E-state index contributed by atoms with van der Waals surface area (Å²) in [5.74, 6) is -0.243. The predicted molar refractivity (Wildman–Crippen MR) is 94.5 cm³/mol. The van der Waals surface area contributed by atoms with Crippen LogP contribution in [-0.2, 0) is 9.53 Å². The summed E-state index contributed by atoms with van der Waals surface area (Å²) in [6.45, 7) is 1.59. The molecule has 0 bridgehead atoms. The molecule has 1 atom stereocenters. The van der Waals surface area contributed by atoms with Crippen molar-refractivity contribution in [2.24, 2.45) is 0 Å². The van der Waals surface area contributed by atoms with Crippen LogP contribution >= 0.6 is 0 Å². The topological polar surface area (TPSA) is 103 Å². The van der Waals surface area contributed by atoms with Crippen molar-refractivity contribution in [1.82, 2.24) is 30.3 Å². The summed E-state index contributed by atoms with van der Waals surface area (Å²) in [6, 6.07) is 0. The summed E-state index contributed by atoms with van der Waals surface area (Å²) >= 11 is 0. The maximum Gasteiger partial charge on any atom is 0.291 e. The molecule has 1 saturated heterocycles. The molecule has 2 aliphatic rings. The van der Waals surface area contributed by atoms with Gasteiger partial charge in [0, 0.05) is 18.6 Å². The molecule has 1 aliphatic carbocycles. The smallest absolute Gasteiger partial charge is 0.291 e. The van der Waals surface area contributed by atoms with E-state index in [-0.39, 0.29) is 29.7 Å². The maximum absolute atomic E-state index is 12.6. The number of aromatic amines is 1. The van der Waals surface area contributed by atoms with E-state index >= 15 is 0 Å². The third kappa shape index (κ3) is 4.04. The summed E-state index contributed by atoms with van der Waals surface area (Å²) in [5.41, 5.74) is 0.0118. The van der Waals surface area contributed by atoms with Crippen LogP contribution in [0.1, 0.15) is 42.7 Å². The number of carbonyl (C=O) groups excluding carboxylic acids is 2. The van der Waals surface area contributed by atoms with E-state index in [0.717, 1.165) is 12.8 Å². The molecule has 0 aromatic carbocycles. The Labute approximate surface area is 153 Å². The van der Waals surface area contributed by atoms with E-state index in [1.54, 1.807) is 4.90 Å². The average Bonchev–Trinajstić information content (AvgIpc) is 3.21. The monoisotopic (exact) mass is 364 g/mol. The molecule has 0 radical (unpaired) electrons. The molecule has 1 saturated carbocycles. The number of morpholine rings is 1. The summed E-state index contributed by atoms with van der Waals surface area (Å²) in [7, 11) is 4.15. The number of likely N-dealkylation sites (N-methyl/N-ethyl adjacent to an activating group) is 1. The van der Waals surface area contributed by atoms with Crippen molar-refractivity contribution < 1.29 is 14.3 Å². The lowest BCUT2D eigenvalue weighted by Crippen LogP contribution is -2.57. The van der Waals surface area contributed by atoms with Gasteiger partial charge >= 0.3 is 0 Å². The zero-order chi connectivity index (χ0) is 18.6. The first-order chi connectivity index (χ1) is 12.5. The Bertz CT molecular complexity index is 612. The number of rotatable bonds is 5. The first kappa shape index (κ1) is 18.8. The van der Waals surface area contributed by atoms with Crippen molar-refractivity contribution in [2.45, 2.75) is 43.7 Å². The first-order valence-corrected chi connectivity index (χ1v) is 9.23. The predicted octanol–water partition coefficient (Wildman–Crippen LogP) is 0.0264. The number of nitrogens with zero attached hydrogens (tertiary/aromatic N) is 4. The molecule has 2 N–H and O–H groups in total. The lowest BCUT2D eigenvalue weighted by atomic mass is 9.80. The Morgan fingerprint density at radius 2 is 2.15 bits per heavy atom. The van der Waals surface area contributed by atoms with Gasteiger partial charge in [-0.3, -0.25) is 14.7 Å². The molecule has 0 spiro atoms. The number of ether oxygens (including phenoxy) is 1. The minimum absolute atomic E-state index is 0.0118. The van der Waals surface area contributed by atoms with Gasteiger partial charge in [-0.15, -0.1) is 0 Å². The van der Waals surface area contributed by atoms with Gasteiger partial charge in [0.25, 0.3) is 11.8 Å². The lowest BCUT2D eigenvalue weighted by Gasteiger charge is -2.43. The maximum atomic E-state index is 12.6. The second-order valence-electron chi connectivity index (χ2n) is 7.34. The first-order valence-electron chi connectivity index (χ1n) is 9.23. The van der Waals surface area contributed by atoms with Gasteiger partial charge in [-0.05, 0) is 26.9 Å². The summed E-state index contributed by atoms with van der Waals surface area (Å²) in [5, 5.41) is 9.32. The normalized spacial score (nSPS) is 23.0. The van der Waals surface area contributed by atoms with Crippen LogP contribution in [0.4, 0.5) is 0 Å². The quantitative estimate of drug-likeness (QED) is 0.764. The summed E-state index contributed by atoms with van der Waals surface area (Å²) in [6.07, 6.45) is 6.44. The molecule has 26 heavy (non-hydrogen) atoms. The Balaban J connectivity index is 1.56. The highest BCUT2D eigenvalue weighted by molar-refractivity contribution is 5.91. The van der Waals surface area contributed by atoms with Crippen LogP contribution in [0.25, 0.3) is 0 Å². The third-order valence-electron chi connectivity index (χ3n) is 5.59. The second-order valence-corrected chi connectivity index (χ2v) is 7.34. The van der Waals surface area contributed by atoms with E-state index in [0.29, 0.717) is 19.7 Å². The summed E-state index contributed by atoms with van der Waals surface area (Å²) < 4.78 is 5.61. The van der Waals surface area contributed by atoms with Crippen molar-refractivity contribution in [1.29, 1.82) is 0 Å². The number of nitrogens with one attached hydrogen (secondary N) is 2. The van der Waals surface area contributed by atoms with Gasteiger partial charge in [-0.2, -0.15) is 5.10 Å². The second kappa shape index (κ2) is 8.13. The van der Waals surface area contributed by atoms with Crippen LogP contribution in [-0.4, -0.2) is 88.8 Å².